The quantitative estimate of drug-likeness (QED) is 0.145. The second kappa shape index (κ2) is 19.7. The third-order valence-electron chi connectivity index (χ3n) is 8.56. The number of unbranched alkanes of at least 4 members (excludes halogenated alkanes) is 10. The zero-order valence-corrected chi connectivity index (χ0v) is 27.2. The third kappa shape index (κ3) is 10.8. The van der Waals surface area contributed by atoms with Gasteiger partial charge < -0.3 is 28.7 Å². The Hall–Kier alpha value is -2.61. The van der Waals surface area contributed by atoms with Gasteiger partial charge in [0, 0.05) is 10.8 Å². The van der Waals surface area contributed by atoms with Crippen LogP contribution in [0.25, 0.3) is 21.8 Å². The van der Waals surface area contributed by atoms with Gasteiger partial charge in [-0.05, 0) is 37.1 Å². The summed E-state index contributed by atoms with van der Waals surface area (Å²) >= 11 is 0. The number of para-hydroxylation sites is 2. The van der Waals surface area contributed by atoms with Gasteiger partial charge in [0.1, 0.15) is 24.7 Å². The Labute approximate surface area is 263 Å². The van der Waals surface area contributed by atoms with E-state index in [-0.39, 0.29) is 17.6 Å². The van der Waals surface area contributed by atoms with Crippen LogP contribution < -0.4 is 14.9 Å². The van der Waals surface area contributed by atoms with E-state index in [1.54, 1.807) is 0 Å². The minimum atomic E-state index is -0.0528. The molecule has 0 unspecified atom stereocenters. The largest absolute Gasteiger partial charge is 0.489 e. The van der Waals surface area contributed by atoms with Crippen LogP contribution in [0.3, 0.4) is 0 Å². The SMILES string of the molecule is CCCCCCCC[C@@H]1COc2cccc3c(=O)c4cccc(c4[nH]c23)OC[C@@H](CCCCCCCC)OCCOCCO1. The molecule has 2 aromatic carbocycles. The van der Waals surface area contributed by atoms with Crippen LogP contribution in [0.4, 0.5) is 0 Å². The maximum Gasteiger partial charge on any atom is 0.197 e. The number of aromatic amines is 1. The highest BCUT2D eigenvalue weighted by Crippen LogP contribution is 2.29. The third-order valence-corrected chi connectivity index (χ3v) is 8.56. The molecule has 1 N–H and O–H groups in total. The lowest BCUT2D eigenvalue weighted by Gasteiger charge is -2.21. The van der Waals surface area contributed by atoms with E-state index in [0.717, 1.165) is 25.7 Å². The van der Waals surface area contributed by atoms with Crippen molar-refractivity contribution in [3.63, 3.8) is 0 Å². The number of rotatable bonds is 14. The summed E-state index contributed by atoms with van der Waals surface area (Å²) in [6.07, 6.45) is 16.5. The monoisotopic (exact) mass is 609 g/mol. The molecule has 1 aromatic heterocycles. The fourth-order valence-electron chi connectivity index (χ4n) is 5.96. The Balaban J connectivity index is 1.52. The van der Waals surface area contributed by atoms with Crippen molar-refractivity contribution in [3.05, 3.63) is 46.6 Å². The molecule has 0 saturated heterocycles. The number of ether oxygens (including phenoxy) is 5. The molecule has 7 heteroatoms. The molecular weight excluding hydrogens is 554 g/mol. The van der Waals surface area contributed by atoms with E-state index in [1.165, 1.54) is 64.2 Å². The Morgan fingerprint density at radius 2 is 1.07 bits per heavy atom. The summed E-state index contributed by atoms with van der Waals surface area (Å²) in [4.78, 5) is 17.1. The van der Waals surface area contributed by atoms with Crippen LogP contribution in [0.15, 0.2) is 41.2 Å². The average Bonchev–Trinajstić information content (AvgIpc) is 3.04. The zero-order chi connectivity index (χ0) is 30.8. The van der Waals surface area contributed by atoms with Crippen molar-refractivity contribution >= 4 is 21.8 Å². The maximum atomic E-state index is 13.6. The van der Waals surface area contributed by atoms with Crippen molar-refractivity contribution < 1.29 is 23.7 Å². The molecule has 1 aliphatic heterocycles. The normalized spacial score (nSPS) is 18.7. The van der Waals surface area contributed by atoms with Gasteiger partial charge >= 0.3 is 0 Å². The average molecular weight is 610 g/mol. The molecule has 4 rings (SSSR count). The number of nitrogens with one attached hydrogen (secondary N) is 1. The van der Waals surface area contributed by atoms with E-state index in [1.807, 2.05) is 36.4 Å². The number of H-pyrrole nitrogens is 1. The zero-order valence-electron chi connectivity index (χ0n) is 27.2. The highest BCUT2D eigenvalue weighted by atomic mass is 16.6. The second-order valence-corrected chi connectivity index (χ2v) is 12.1. The minimum absolute atomic E-state index is 0.0315. The van der Waals surface area contributed by atoms with E-state index >= 15 is 0 Å². The second-order valence-electron chi connectivity index (χ2n) is 12.1. The van der Waals surface area contributed by atoms with Gasteiger partial charge in [-0.2, -0.15) is 0 Å². The molecule has 0 spiro atoms. The van der Waals surface area contributed by atoms with Crippen LogP contribution in [0.2, 0.25) is 0 Å². The molecule has 1 aliphatic rings. The number of pyridine rings is 1. The Kier molecular flexibility index (Phi) is 15.3. The van der Waals surface area contributed by atoms with Gasteiger partial charge in [0.2, 0.25) is 0 Å². The number of hydrogen-bond acceptors (Lipinski definition) is 6. The van der Waals surface area contributed by atoms with Crippen molar-refractivity contribution in [2.24, 2.45) is 0 Å². The molecule has 2 heterocycles. The summed E-state index contributed by atoms with van der Waals surface area (Å²) in [5.41, 5.74) is 1.34. The lowest BCUT2D eigenvalue weighted by Crippen LogP contribution is -2.26. The van der Waals surface area contributed by atoms with Gasteiger partial charge in [-0.3, -0.25) is 4.79 Å². The van der Waals surface area contributed by atoms with Gasteiger partial charge in [0.05, 0.1) is 49.7 Å². The van der Waals surface area contributed by atoms with Crippen molar-refractivity contribution in [2.45, 2.75) is 116 Å². The molecule has 2 bridgehead atoms. The summed E-state index contributed by atoms with van der Waals surface area (Å²) in [5.74, 6) is 1.30. The molecule has 0 aliphatic carbocycles. The van der Waals surface area contributed by atoms with Crippen molar-refractivity contribution in [1.82, 2.24) is 4.98 Å². The molecule has 0 amide bonds. The molecule has 0 saturated carbocycles. The van der Waals surface area contributed by atoms with E-state index < -0.39 is 0 Å². The first-order valence-corrected chi connectivity index (χ1v) is 17.4. The van der Waals surface area contributed by atoms with Crippen LogP contribution in [0.5, 0.6) is 11.5 Å². The number of aromatic nitrogens is 1. The minimum Gasteiger partial charge on any atom is -0.489 e. The topological polar surface area (TPSA) is 79.0 Å². The van der Waals surface area contributed by atoms with E-state index in [9.17, 15) is 4.79 Å². The summed E-state index contributed by atoms with van der Waals surface area (Å²) < 4.78 is 31.2. The van der Waals surface area contributed by atoms with E-state index in [4.69, 9.17) is 23.7 Å². The maximum absolute atomic E-state index is 13.6. The summed E-state index contributed by atoms with van der Waals surface area (Å²) in [5, 5.41) is 1.21. The molecular formula is C37H55NO6. The molecule has 0 fully saturated rings. The van der Waals surface area contributed by atoms with Gasteiger partial charge in [-0.1, -0.05) is 103 Å². The lowest BCUT2D eigenvalue weighted by atomic mass is 10.1. The predicted octanol–water partition coefficient (Wildman–Crippen LogP) is 8.74. The summed E-state index contributed by atoms with van der Waals surface area (Å²) in [6, 6.07) is 11.3. The summed E-state index contributed by atoms with van der Waals surface area (Å²) in [7, 11) is 0. The molecule has 2 atom stereocenters. The van der Waals surface area contributed by atoms with Crippen molar-refractivity contribution in [1.29, 1.82) is 0 Å². The summed E-state index contributed by atoms with van der Waals surface area (Å²) in [6.45, 7) is 7.36. The van der Waals surface area contributed by atoms with Crippen molar-refractivity contribution in [3.8, 4) is 11.5 Å². The first-order valence-electron chi connectivity index (χ1n) is 17.4. The van der Waals surface area contributed by atoms with Crippen LogP contribution in [0, 0.1) is 0 Å². The Morgan fingerprint density at radius 3 is 1.55 bits per heavy atom. The molecule has 244 valence electrons. The molecule has 7 nitrogen and oxygen atoms in total. The van der Waals surface area contributed by atoms with Crippen molar-refractivity contribution in [2.75, 3.05) is 39.6 Å². The first kappa shape index (κ1) is 34.3. The highest BCUT2D eigenvalue weighted by molar-refractivity contribution is 5.97. The van der Waals surface area contributed by atoms with E-state index in [2.05, 4.69) is 18.8 Å². The van der Waals surface area contributed by atoms with Gasteiger partial charge in [-0.15, -0.1) is 0 Å². The highest BCUT2D eigenvalue weighted by Gasteiger charge is 2.17. The Bertz CT molecular complexity index is 1200. The Morgan fingerprint density at radius 1 is 0.614 bits per heavy atom. The number of benzene rings is 2. The van der Waals surface area contributed by atoms with Gasteiger partial charge in [-0.25, -0.2) is 0 Å². The molecule has 0 radical (unpaired) electrons. The first-order chi connectivity index (χ1) is 21.7. The predicted molar refractivity (Wildman–Crippen MR) is 179 cm³/mol. The fourth-order valence-corrected chi connectivity index (χ4v) is 5.96. The number of hydrogen-bond donors (Lipinski definition) is 1. The fraction of sp³-hybridized carbons (Fsp3) is 0.649. The van der Waals surface area contributed by atoms with Crippen LogP contribution in [-0.4, -0.2) is 56.8 Å². The molecule has 3 aromatic rings. The van der Waals surface area contributed by atoms with Gasteiger partial charge in [0.25, 0.3) is 0 Å². The van der Waals surface area contributed by atoms with E-state index in [0.29, 0.717) is 72.9 Å². The standard InChI is InChI=1S/C37H55NO6/c1-3-5-7-9-11-13-17-29-27-43-33-21-15-19-31-35(33)38-36-32(37(31)39)20-16-22-34(36)44-28-30(18-14-12-10-8-6-4-2)42-26-24-40-23-25-41-29/h15-16,19-22,29-30H,3-14,17-18,23-28H2,1-2H3,(H,38,39)/t29-,30-/m1/s1. The smallest absolute Gasteiger partial charge is 0.197 e. The van der Waals surface area contributed by atoms with Crippen LogP contribution in [-0.2, 0) is 14.2 Å². The van der Waals surface area contributed by atoms with Crippen LogP contribution in [0.1, 0.15) is 104 Å². The van der Waals surface area contributed by atoms with Crippen LogP contribution >= 0.6 is 0 Å². The van der Waals surface area contributed by atoms with Gasteiger partial charge in [0.15, 0.2) is 5.43 Å². The molecule has 44 heavy (non-hydrogen) atoms. The lowest BCUT2D eigenvalue weighted by molar-refractivity contribution is -0.0445.